The van der Waals surface area contributed by atoms with Crippen LogP contribution in [0.1, 0.15) is 15.1 Å². The molecule has 1 aromatic heterocycles. The highest BCUT2D eigenvalue weighted by Crippen LogP contribution is 2.46. The highest BCUT2D eigenvalue weighted by Gasteiger charge is 2.22. The van der Waals surface area contributed by atoms with Gasteiger partial charge in [0, 0.05) is 62.0 Å². The van der Waals surface area contributed by atoms with E-state index in [-0.39, 0.29) is 55.2 Å². The van der Waals surface area contributed by atoms with E-state index in [9.17, 15) is 9.60 Å². The van der Waals surface area contributed by atoms with Crippen molar-refractivity contribution < 1.29 is 19.5 Å². The summed E-state index contributed by atoms with van der Waals surface area (Å²) in [7, 11) is 0. The molecule has 11 aromatic carbocycles. The molecule has 0 saturated carbocycles. The van der Waals surface area contributed by atoms with Crippen LogP contribution in [0.15, 0.2) is 265 Å². The van der Waals surface area contributed by atoms with Gasteiger partial charge in [0.15, 0.2) is 0 Å². The van der Waals surface area contributed by atoms with Gasteiger partial charge in [-0.05, 0) is 148 Å². The van der Waals surface area contributed by atoms with E-state index in [1.165, 1.54) is 0 Å². The van der Waals surface area contributed by atoms with Crippen LogP contribution >= 0.6 is 0 Å². The molecule has 1 heterocycles. The molecule has 0 spiro atoms. The lowest BCUT2D eigenvalue weighted by molar-refractivity contribution is 0.669. The second-order valence-corrected chi connectivity index (χ2v) is 15.7. The lowest BCUT2D eigenvalue weighted by atomic mass is 9.99. The van der Waals surface area contributed by atoms with Gasteiger partial charge in [-0.15, -0.1) is 0 Å². The zero-order valence-corrected chi connectivity index (χ0v) is 35.2. The van der Waals surface area contributed by atoms with Gasteiger partial charge in [0.05, 0.1) is 15.1 Å². The second kappa shape index (κ2) is 16.7. The van der Waals surface area contributed by atoms with Crippen molar-refractivity contribution in [3.8, 4) is 11.1 Å². The van der Waals surface area contributed by atoms with Crippen molar-refractivity contribution in [3.63, 3.8) is 0 Å². The van der Waals surface area contributed by atoms with Crippen molar-refractivity contribution in [1.29, 1.82) is 0 Å². The fraction of sp³-hybridized carbons (Fsp3) is 0. The lowest BCUT2D eigenvalue weighted by Gasteiger charge is -2.31. The van der Waals surface area contributed by atoms with Gasteiger partial charge >= 0.3 is 0 Å². The van der Waals surface area contributed by atoms with Crippen molar-refractivity contribution in [2.45, 2.75) is 0 Å². The molecule has 0 aliphatic rings. The quantitative estimate of drug-likeness (QED) is 0.128. The van der Waals surface area contributed by atoms with Crippen LogP contribution in [0.25, 0.3) is 54.6 Å². The van der Waals surface area contributed by atoms with Crippen molar-refractivity contribution in [1.82, 2.24) is 0 Å². The molecule has 0 N–H and O–H groups in total. The molecule has 0 atom stereocenters. The van der Waals surface area contributed by atoms with Crippen molar-refractivity contribution in [3.05, 3.63) is 261 Å². The Morgan fingerprint density at radius 2 is 0.758 bits per heavy atom. The second-order valence-electron chi connectivity index (χ2n) is 15.7. The molecule has 0 radical (unpaired) electrons. The van der Waals surface area contributed by atoms with Crippen LogP contribution in [0.5, 0.6) is 0 Å². The van der Waals surface area contributed by atoms with E-state index in [2.05, 4.69) is 64.4 Å². The summed E-state index contributed by atoms with van der Waals surface area (Å²) in [6, 6.07) is 58.5. The Bertz CT molecular complexity index is 4260. The van der Waals surface area contributed by atoms with Gasteiger partial charge in [-0.1, -0.05) is 145 Å². The molecule has 312 valence electrons. The molecule has 0 saturated heterocycles. The molecular weight excluding hydrogens is 803 g/mol. The molecule has 12 rings (SSSR count). The van der Waals surface area contributed by atoms with E-state index in [0.29, 0.717) is 17.1 Å². The summed E-state index contributed by atoms with van der Waals surface area (Å²) in [6.45, 7) is 0. The summed E-state index contributed by atoms with van der Waals surface area (Å²) in [5.41, 5.74) is 7.55. The van der Waals surface area contributed by atoms with Gasteiger partial charge in [0.1, 0.15) is 11.2 Å². The smallest absolute Gasteiger partial charge is 0.136 e. The highest BCUT2D eigenvalue weighted by molar-refractivity contribution is 6.16. The Labute approximate surface area is 399 Å². The third-order valence-electron chi connectivity index (χ3n) is 11.6. The number of benzene rings is 11. The largest absolute Gasteiger partial charge is 0.456 e. The minimum atomic E-state index is -0.573. The van der Waals surface area contributed by atoms with Crippen LogP contribution in [0.2, 0.25) is 0 Å². The lowest BCUT2D eigenvalue weighted by Crippen LogP contribution is -2.14. The Balaban J connectivity index is 1.10. The fourth-order valence-electron chi connectivity index (χ4n) is 8.62. The molecule has 66 heavy (non-hydrogen) atoms. The first-order chi connectivity index (χ1) is 37.3. The third kappa shape index (κ3) is 7.17. The van der Waals surface area contributed by atoms with Crippen LogP contribution < -0.4 is 14.7 Å². The Morgan fingerprint density at radius 3 is 1.33 bits per heavy atom. The Kier molecular flexibility index (Phi) is 7.27. The summed E-state index contributed by atoms with van der Waals surface area (Å²) >= 11 is 0. The van der Waals surface area contributed by atoms with Gasteiger partial charge in [0.2, 0.25) is 0 Å². The summed E-state index contributed by atoms with van der Waals surface area (Å²) in [5, 5.41) is -1.07. The van der Waals surface area contributed by atoms with Crippen LogP contribution in [-0.4, -0.2) is 0 Å². The fourth-order valence-corrected chi connectivity index (χ4v) is 8.62. The van der Waals surface area contributed by atoms with E-state index >= 15 is 0 Å². The summed E-state index contributed by atoms with van der Waals surface area (Å²) in [6.07, 6.45) is 0. The molecule has 0 unspecified atom stereocenters. The number of fused-ring (bicyclic) bond motifs is 6. The van der Waals surface area contributed by atoms with Gasteiger partial charge < -0.3 is 19.1 Å². The standard InChI is InChI=1S/C62H43N3O/c1-6-19-44(20-7-1)47-38-55(63(48-21-8-2-9-22-48)49-23-10-3-11-24-49)42-56(39-47)65(51-27-14-5-15-28-51)53-30-18-29-52(41-53)64(50-25-12-4-13-26-50)54-35-36-57-45(37-54)33-34-46-40-62-60(43-59(46)57)58-31-16-17-32-61(58)66-62/h1-43H/i16D,17D,31D,32D,33D,34D,35D,36D,37D,40D,43D. The predicted octanol–water partition coefficient (Wildman–Crippen LogP) is 18.0. The number of hydrogen-bond acceptors (Lipinski definition) is 4. The maximum absolute atomic E-state index is 10.0. The van der Waals surface area contributed by atoms with E-state index < -0.39 is 60.4 Å². The zero-order chi connectivity index (χ0) is 53.4. The Hall–Kier alpha value is -8.86. The maximum Gasteiger partial charge on any atom is 0.136 e. The summed E-state index contributed by atoms with van der Waals surface area (Å²) in [5.74, 6) is 0. The normalized spacial score (nSPS) is 13.7. The van der Waals surface area contributed by atoms with Gasteiger partial charge in [-0.2, -0.15) is 0 Å². The first kappa shape index (κ1) is 28.8. The molecule has 4 heteroatoms. The number of furan rings is 1. The topological polar surface area (TPSA) is 22.9 Å². The monoisotopic (exact) mass is 856 g/mol. The van der Waals surface area contributed by atoms with Gasteiger partial charge in [-0.25, -0.2) is 0 Å². The number of nitrogens with zero attached hydrogens (tertiary/aromatic N) is 3. The van der Waals surface area contributed by atoms with Crippen molar-refractivity contribution >= 4 is 94.7 Å². The number of hydrogen-bond donors (Lipinski definition) is 0. The maximum atomic E-state index is 10.0. The Morgan fingerprint density at radius 1 is 0.288 bits per heavy atom. The van der Waals surface area contributed by atoms with Crippen molar-refractivity contribution in [2.24, 2.45) is 0 Å². The average molecular weight is 857 g/mol. The van der Waals surface area contributed by atoms with Crippen LogP contribution in [0.3, 0.4) is 0 Å². The SMILES string of the molecule is [2H]c1c([2H])c([2H])c2c(oc3c([2H])c4c([2H])c([2H])c5c([2H])c(N(c6ccccc6)c6cccc(N(c7ccccc7)c7cc(-c8ccccc8)cc(N(c8ccccc8)c8ccccc8)c7)c6)c([2H])c([2H])c5c4c([2H])c32)c1[2H]. The molecule has 4 nitrogen and oxygen atoms in total. The molecule has 0 amide bonds. The number of para-hydroxylation sites is 5. The highest BCUT2D eigenvalue weighted by atomic mass is 16.3. The van der Waals surface area contributed by atoms with Crippen LogP contribution in [-0.2, 0) is 0 Å². The molecule has 0 aliphatic heterocycles. The van der Waals surface area contributed by atoms with Crippen LogP contribution in [0, 0.1) is 0 Å². The number of rotatable bonds is 10. The summed E-state index contributed by atoms with van der Waals surface area (Å²) in [4.78, 5) is 6.06. The minimum absolute atomic E-state index is 0.0688. The first-order valence-electron chi connectivity index (χ1n) is 27.0. The predicted molar refractivity (Wildman–Crippen MR) is 278 cm³/mol. The van der Waals surface area contributed by atoms with E-state index in [0.717, 1.165) is 39.6 Å². The van der Waals surface area contributed by atoms with Crippen molar-refractivity contribution in [2.75, 3.05) is 14.7 Å². The van der Waals surface area contributed by atoms with Gasteiger partial charge in [0.25, 0.3) is 0 Å². The molecule has 0 bridgehead atoms. The van der Waals surface area contributed by atoms with Crippen LogP contribution in [0.4, 0.5) is 51.2 Å². The van der Waals surface area contributed by atoms with E-state index in [4.69, 9.17) is 9.90 Å². The zero-order valence-electron chi connectivity index (χ0n) is 46.2. The van der Waals surface area contributed by atoms with E-state index in [1.807, 2.05) is 140 Å². The van der Waals surface area contributed by atoms with E-state index in [1.54, 1.807) is 4.90 Å². The van der Waals surface area contributed by atoms with Gasteiger partial charge in [-0.3, -0.25) is 0 Å². The number of anilines is 9. The molecule has 12 aromatic rings. The summed E-state index contributed by atoms with van der Waals surface area (Å²) < 4.78 is 107. The first-order valence-corrected chi connectivity index (χ1v) is 21.5. The third-order valence-corrected chi connectivity index (χ3v) is 11.6. The molecular formula is C62H43N3O. The molecule has 0 aliphatic carbocycles. The molecule has 0 fully saturated rings. The average Bonchev–Trinajstić information content (AvgIpc) is 4.16. The minimum Gasteiger partial charge on any atom is -0.456 e.